The van der Waals surface area contributed by atoms with Gasteiger partial charge in [-0.1, -0.05) is 23.7 Å². The van der Waals surface area contributed by atoms with Crippen LogP contribution in [0.1, 0.15) is 21.5 Å². The second-order valence-electron chi connectivity index (χ2n) is 4.26. The number of carbonyl (C=O) groups excluding carboxylic acids is 1. The third-order valence-corrected chi connectivity index (χ3v) is 3.03. The van der Waals surface area contributed by atoms with Crippen LogP contribution in [0.2, 0.25) is 5.02 Å². The van der Waals surface area contributed by atoms with Crippen molar-refractivity contribution in [2.75, 3.05) is 5.73 Å². The normalized spacial score (nSPS) is 10.5. The molecule has 0 unspecified atom stereocenters. The first kappa shape index (κ1) is 13.5. The molecule has 0 bridgehead atoms. The molecule has 1 aromatic carbocycles. The fraction of sp³-hybridized carbons (Fsp3) is 0.143. The van der Waals surface area contributed by atoms with Crippen LogP contribution in [0.25, 0.3) is 0 Å². The fourth-order valence-electron chi connectivity index (χ4n) is 1.76. The van der Waals surface area contributed by atoms with Crippen molar-refractivity contribution < 1.29 is 9.18 Å². The fourth-order valence-corrected chi connectivity index (χ4v) is 1.95. The zero-order valence-electron chi connectivity index (χ0n) is 10.3. The molecule has 98 valence electrons. The van der Waals surface area contributed by atoms with E-state index in [0.29, 0.717) is 5.56 Å². The summed E-state index contributed by atoms with van der Waals surface area (Å²) in [6, 6.07) is 6.21. The minimum atomic E-state index is -0.572. The number of benzene rings is 1. The van der Waals surface area contributed by atoms with Crippen LogP contribution in [0, 0.1) is 12.7 Å². The number of Topliss-reactive ketones (excluding diaryl/α,β-unsaturated/α-hetero) is 1. The molecule has 0 saturated carbocycles. The van der Waals surface area contributed by atoms with Gasteiger partial charge in [-0.2, -0.15) is 0 Å². The Labute approximate surface area is 115 Å². The minimum absolute atomic E-state index is 0.000592. The summed E-state index contributed by atoms with van der Waals surface area (Å²) in [6.07, 6.45) is 1.48. The number of carbonyl (C=O) groups is 1. The molecule has 3 nitrogen and oxygen atoms in total. The molecule has 0 aliphatic rings. The molecule has 0 radical (unpaired) electrons. The number of aryl methyl sites for hydroxylation is 1. The lowest BCUT2D eigenvalue weighted by molar-refractivity contribution is 0.0992. The summed E-state index contributed by atoms with van der Waals surface area (Å²) < 4.78 is 13.7. The smallest absolute Gasteiger partial charge is 0.171 e. The molecule has 19 heavy (non-hydrogen) atoms. The van der Waals surface area contributed by atoms with Crippen LogP contribution in [0.3, 0.4) is 0 Å². The topological polar surface area (TPSA) is 56.0 Å². The van der Waals surface area contributed by atoms with Crippen molar-refractivity contribution in [1.82, 2.24) is 4.98 Å². The van der Waals surface area contributed by atoms with E-state index < -0.39 is 5.82 Å². The van der Waals surface area contributed by atoms with Crippen LogP contribution in [0.15, 0.2) is 30.5 Å². The Morgan fingerprint density at radius 2 is 2.21 bits per heavy atom. The zero-order valence-corrected chi connectivity index (χ0v) is 11.0. The summed E-state index contributed by atoms with van der Waals surface area (Å²) >= 11 is 5.68. The number of rotatable bonds is 3. The first-order chi connectivity index (χ1) is 8.99. The molecule has 0 amide bonds. The summed E-state index contributed by atoms with van der Waals surface area (Å²) in [5.41, 5.74) is 7.04. The van der Waals surface area contributed by atoms with Gasteiger partial charge in [0.15, 0.2) is 5.78 Å². The lowest BCUT2D eigenvalue weighted by atomic mass is 10.0. The summed E-state index contributed by atoms with van der Waals surface area (Å²) in [7, 11) is 0. The predicted octanol–water partition coefficient (Wildman–Crippen LogP) is 3.19. The standard InChI is InChI=1S/C14H12ClFN2O/c1-8-5-10(14(17)18-7-8)12(19)6-9-3-2-4-11(15)13(9)16/h2-5,7H,6H2,1H3,(H2,17,18). The number of aromatic nitrogens is 1. The molecule has 0 fully saturated rings. The number of halogens is 2. The number of nitrogens with zero attached hydrogens (tertiary/aromatic N) is 1. The average molecular weight is 279 g/mol. The SMILES string of the molecule is Cc1cnc(N)c(C(=O)Cc2cccc(Cl)c2F)c1. The first-order valence-electron chi connectivity index (χ1n) is 5.67. The van der Waals surface area contributed by atoms with Gasteiger partial charge in [-0.3, -0.25) is 4.79 Å². The Morgan fingerprint density at radius 1 is 1.47 bits per heavy atom. The molecule has 2 rings (SSSR count). The molecule has 0 spiro atoms. The van der Waals surface area contributed by atoms with Gasteiger partial charge in [0.1, 0.15) is 11.6 Å². The lowest BCUT2D eigenvalue weighted by Gasteiger charge is -2.06. The predicted molar refractivity (Wildman–Crippen MR) is 72.8 cm³/mol. The van der Waals surface area contributed by atoms with Gasteiger partial charge in [0.05, 0.1) is 10.6 Å². The molecule has 1 aromatic heterocycles. The number of pyridine rings is 1. The largest absolute Gasteiger partial charge is 0.383 e. The van der Waals surface area contributed by atoms with E-state index in [1.165, 1.54) is 12.1 Å². The summed E-state index contributed by atoms with van der Waals surface area (Å²) in [5, 5.41) is 0.000592. The highest BCUT2D eigenvalue weighted by Crippen LogP contribution is 2.20. The minimum Gasteiger partial charge on any atom is -0.383 e. The van der Waals surface area contributed by atoms with Crippen LogP contribution in [0.5, 0.6) is 0 Å². The molecular formula is C14H12ClFN2O. The monoisotopic (exact) mass is 278 g/mol. The highest BCUT2D eigenvalue weighted by Gasteiger charge is 2.15. The van der Waals surface area contributed by atoms with E-state index in [4.69, 9.17) is 17.3 Å². The van der Waals surface area contributed by atoms with Crippen molar-refractivity contribution in [3.8, 4) is 0 Å². The van der Waals surface area contributed by atoms with Gasteiger partial charge in [-0.05, 0) is 30.2 Å². The van der Waals surface area contributed by atoms with Gasteiger partial charge >= 0.3 is 0 Å². The Bertz CT molecular complexity index is 643. The Kier molecular flexibility index (Phi) is 3.81. The molecule has 2 N–H and O–H groups in total. The lowest BCUT2D eigenvalue weighted by Crippen LogP contribution is -2.10. The average Bonchev–Trinajstić information content (AvgIpc) is 2.38. The molecule has 2 aromatic rings. The highest BCUT2D eigenvalue weighted by molar-refractivity contribution is 6.30. The second kappa shape index (κ2) is 5.36. The number of nitrogens with two attached hydrogens (primary N) is 1. The zero-order chi connectivity index (χ0) is 14.0. The third-order valence-electron chi connectivity index (χ3n) is 2.74. The van der Waals surface area contributed by atoms with Crippen molar-refractivity contribution in [2.45, 2.75) is 13.3 Å². The first-order valence-corrected chi connectivity index (χ1v) is 6.05. The van der Waals surface area contributed by atoms with Gasteiger partial charge in [0, 0.05) is 12.6 Å². The summed E-state index contributed by atoms with van der Waals surface area (Å²) in [6.45, 7) is 1.81. The number of anilines is 1. The van der Waals surface area contributed by atoms with E-state index in [-0.39, 0.29) is 28.6 Å². The second-order valence-corrected chi connectivity index (χ2v) is 4.67. The van der Waals surface area contributed by atoms with Crippen molar-refractivity contribution in [2.24, 2.45) is 0 Å². The quantitative estimate of drug-likeness (QED) is 0.877. The Morgan fingerprint density at radius 3 is 2.95 bits per heavy atom. The number of hydrogen-bond donors (Lipinski definition) is 1. The van der Waals surface area contributed by atoms with Crippen molar-refractivity contribution >= 4 is 23.2 Å². The summed E-state index contributed by atoms with van der Waals surface area (Å²) in [5.74, 6) is -0.704. The number of ketones is 1. The van der Waals surface area contributed by atoms with Gasteiger partial charge in [0.2, 0.25) is 0 Å². The van der Waals surface area contributed by atoms with E-state index >= 15 is 0 Å². The maximum atomic E-state index is 13.7. The van der Waals surface area contributed by atoms with E-state index in [9.17, 15) is 9.18 Å². The maximum Gasteiger partial charge on any atom is 0.171 e. The molecular weight excluding hydrogens is 267 g/mol. The highest BCUT2D eigenvalue weighted by atomic mass is 35.5. The molecule has 5 heteroatoms. The van der Waals surface area contributed by atoms with Gasteiger partial charge in [-0.25, -0.2) is 9.37 Å². The molecule has 0 atom stereocenters. The third kappa shape index (κ3) is 2.90. The van der Waals surface area contributed by atoms with Gasteiger partial charge < -0.3 is 5.73 Å². The maximum absolute atomic E-state index is 13.7. The van der Waals surface area contributed by atoms with Crippen LogP contribution < -0.4 is 5.73 Å². The number of hydrogen-bond acceptors (Lipinski definition) is 3. The van der Waals surface area contributed by atoms with E-state index in [1.54, 1.807) is 18.3 Å². The molecule has 0 saturated heterocycles. The van der Waals surface area contributed by atoms with E-state index in [2.05, 4.69) is 4.98 Å². The van der Waals surface area contributed by atoms with E-state index in [1.807, 2.05) is 6.92 Å². The van der Waals surface area contributed by atoms with Gasteiger partial charge in [0.25, 0.3) is 0 Å². The molecule has 0 aliphatic heterocycles. The Balaban J connectivity index is 2.31. The van der Waals surface area contributed by atoms with E-state index in [0.717, 1.165) is 5.56 Å². The summed E-state index contributed by atoms with van der Waals surface area (Å²) in [4.78, 5) is 16.0. The van der Waals surface area contributed by atoms with Crippen molar-refractivity contribution in [3.63, 3.8) is 0 Å². The Hall–Kier alpha value is -1.94. The van der Waals surface area contributed by atoms with Gasteiger partial charge in [-0.15, -0.1) is 0 Å². The van der Waals surface area contributed by atoms with Crippen LogP contribution in [0.4, 0.5) is 10.2 Å². The van der Waals surface area contributed by atoms with Crippen molar-refractivity contribution in [3.05, 3.63) is 58.0 Å². The van der Waals surface area contributed by atoms with Crippen LogP contribution in [-0.4, -0.2) is 10.8 Å². The molecule has 0 aliphatic carbocycles. The van der Waals surface area contributed by atoms with Crippen molar-refractivity contribution in [1.29, 1.82) is 0 Å². The van der Waals surface area contributed by atoms with Crippen LogP contribution >= 0.6 is 11.6 Å². The van der Waals surface area contributed by atoms with Crippen LogP contribution in [-0.2, 0) is 6.42 Å². The number of nitrogen functional groups attached to an aromatic ring is 1. The molecule has 1 heterocycles.